The van der Waals surface area contributed by atoms with Crippen LogP contribution in [0.2, 0.25) is 0 Å². The van der Waals surface area contributed by atoms with Gasteiger partial charge in [-0.15, -0.1) is 0 Å². The molecule has 0 atom stereocenters. The molecule has 5 heteroatoms. The highest BCUT2D eigenvalue weighted by Crippen LogP contribution is 2.30. The molecular weight excluding hydrogens is 296 g/mol. The lowest BCUT2D eigenvalue weighted by atomic mass is 9.79. The molecule has 0 aromatic rings. The Morgan fingerprint density at radius 1 is 1.05 bits per heavy atom. The number of hydrogen-bond acceptors (Lipinski definition) is 3. The Morgan fingerprint density at radius 3 is 2.05 bits per heavy atom. The minimum absolute atomic E-state index is 0.0239. The van der Waals surface area contributed by atoms with Gasteiger partial charge in [0.05, 0.1) is 0 Å². The maximum absolute atomic E-state index is 12.3. The Labute approximate surface area is 139 Å². The molecular formula is C17H32N2O2S. The van der Waals surface area contributed by atoms with Crippen molar-refractivity contribution in [3.63, 3.8) is 0 Å². The van der Waals surface area contributed by atoms with Gasteiger partial charge < -0.3 is 11.1 Å². The summed E-state index contributed by atoms with van der Waals surface area (Å²) in [5, 5.41) is 3.52. The summed E-state index contributed by atoms with van der Waals surface area (Å²) in [5.74, 6) is -0.331. The van der Waals surface area contributed by atoms with E-state index in [9.17, 15) is 9.59 Å². The van der Waals surface area contributed by atoms with E-state index >= 15 is 0 Å². The molecule has 3 N–H and O–H groups in total. The topological polar surface area (TPSA) is 72.2 Å². The van der Waals surface area contributed by atoms with E-state index in [0.29, 0.717) is 11.7 Å². The third kappa shape index (κ3) is 7.03. The number of amides is 2. The molecule has 1 fully saturated rings. The van der Waals surface area contributed by atoms with Gasteiger partial charge in [0.15, 0.2) is 0 Å². The highest BCUT2D eigenvalue weighted by Gasteiger charge is 2.34. The number of rotatable bonds is 5. The molecule has 1 saturated carbocycles. The van der Waals surface area contributed by atoms with E-state index in [0.717, 1.165) is 12.8 Å². The van der Waals surface area contributed by atoms with Gasteiger partial charge >= 0.3 is 0 Å². The third-order valence-corrected chi connectivity index (χ3v) is 5.44. The maximum Gasteiger partial charge on any atom is 0.279 e. The average molecular weight is 329 g/mol. The van der Waals surface area contributed by atoms with Crippen LogP contribution in [0.4, 0.5) is 4.79 Å². The Hall–Kier alpha value is -0.710. The second-order valence-corrected chi connectivity index (χ2v) is 9.08. The molecule has 0 aromatic heterocycles. The molecule has 1 aliphatic carbocycles. The molecule has 0 radical (unpaired) electrons. The number of nitrogens with one attached hydrogen (secondary N) is 1. The van der Waals surface area contributed by atoms with Crippen LogP contribution in [0.3, 0.4) is 0 Å². The van der Waals surface area contributed by atoms with Crippen LogP contribution < -0.4 is 11.1 Å². The first-order valence-electron chi connectivity index (χ1n) is 8.41. The highest BCUT2D eigenvalue weighted by atomic mass is 32.2. The van der Waals surface area contributed by atoms with Crippen molar-refractivity contribution in [3.05, 3.63) is 0 Å². The van der Waals surface area contributed by atoms with Crippen LogP contribution in [-0.2, 0) is 4.79 Å². The van der Waals surface area contributed by atoms with Crippen LogP contribution in [0, 0.1) is 5.41 Å². The van der Waals surface area contributed by atoms with E-state index in [4.69, 9.17) is 5.73 Å². The Bertz CT molecular complexity index is 386. The molecule has 0 spiro atoms. The first-order valence-corrected chi connectivity index (χ1v) is 9.29. The van der Waals surface area contributed by atoms with Crippen LogP contribution in [0.5, 0.6) is 0 Å². The quantitative estimate of drug-likeness (QED) is 0.793. The molecule has 0 unspecified atom stereocenters. The molecule has 0 saturated heterocycles. The van der Waals surface area contributed by atoms with E-state index in [1.807, 2.05) is 27.7 Å². The zero-order chi connectivity index (χ0) is 16.8. The highest BCUT2D eigenvalue weighted by molar-refractivity contribution is 8.14. The van der Waals surface area contributed by atoms with Crippen molar-refractivity contribution < 1.29 is 9.59 Å². The standard InChI is InChI=1S/C17H32N2O2S/c1-16(2,14(18)20)12-17(3,4)19-15(21)22-13-10-8-6-5-7-9-11-13/h13H,5-12H2,1-4H3,(H2,18,20)(H,19,21). The minimum atomic E-state index is -0.623. The summed E-state index contributed by atoms with van der Waals surface area (Å²) in [5.41, 5.74) is 4.37. The summed E-state index contributed by atoms with van der Waals surface area (Å²) in [6.07, 6.45) is 9.15. The smallest absolute Gasteiger partial charge is 0.279 e. The number of hydrogen-bond donors (Lipinski definition) is 2. The summed E-state index contributed by atoms with van der Waals surface area (Å²) >= 11 is 1.44. The molecule has 4 nitrogen and oxygen atoms in total. The van der Waals surface area contributed by atoms with Crippen molar-refractivity contribution in [2.45, 2.75) is 89.9 Å². The fraction of sp³-hybridized carbons (Fsp3) is 0.882. The first kappa shape index (κ1) is 19.3. The monoisotopic (exact) mass is 328 g/mol. The van der Waals surface area contributed by atoms with Gasteiger partial charge in [0.2, 0.25) is 5.91 Å². The minimum Gasteiger partial charge on any atom is -0.369 e. The zero-order valence-electron chi connectivity index (χ0n) is 14.5. The van der Waals surface area contributed by atoms with Gasteiger partial charge in [-0.2, -0.15) is 0 Å². The van der Waals surface area contributed by atoms with E-state index in [1.54, 1.807) is 0 Å². The molecule has 1 aliphatic rings. The lowest BCUT2D eigenvalue weighted by Gasteiger charge is -2.34. The molecule has 128 valence electrons. The summed E-state index contributed by atoms with van der Waals surface area (Å²) in [6, 6.07) is 0. The van der Waals surface area contributed by atoms with Gasteiger partial charge in [-0.25, -0.2) is 0 Å². The van der Waals surface area contributed by atoms with Crippen molar-refractivity contribution in [3.8, 4) is 0 Å². The lowest BCUT2D eigenvalue weighted by Crippen LogP contribution is -2.48. The SMILES string of the molecule is CC(C)(CC(C)(C)C(N)=O)NC(=O)SC1CCCCCCC1. The zero-order valence-corrected chi connectivity index (χ0v) is 15.4. The second-order valence-electron chi connectivity index (χ2n) is 7.81. The Morgan fingerprint density at radius 2 is 1.55 bits per heavy atom. The van der Waals surface area contributed by atoms with Crippen molar-refractivity contribution >= 4 is 22.9 Å². The Balaban J connectivity index is 2.49. The second kappa shape index (κ2) is 8.23. The van der Waals surface area contributed by atoms with Gasteiger partial charge in [0.1, 0.15) is 0 Å². The number of primary amides is 1. The van der Waals surface area contributed by atoms with Crippen molar-refractivity contribution in [1.82, 2.24) is 5.32 Å². The summed E-state index contributed by atoms with van der Waals surface area (Å²) < 4.78 is 0. The fourth-order valence-electron chi connectivity index (χ4n) is 3.23. The van der Waals surface area contributed by atoms with Gasteiger partial charge in [-0.1, -0.05) is 57.7 Å². The van der Waals surface area contributed by atoms with Crippen LogP contribution in [-0.4, -0.2) is 21.9 Å². The normalized spacial score (nSPS) is 18.4. The third-order valence-electron chi connectivity index (χ3n) is 4.32. The molecule has 0 heterocycles. The van der Waals surface area contributed by atoms with E-state index < -0.39 is 11.0 Å². The first-order chi connectivity index (χ1) is 10.1. The average Bonchev–Trinajstić information content (AvgIpc) is 2.29. The van der Waals surface area contributed by atoms with Gasteiger partial charge in [0, 0.05) is 16.2 Å². The van der Waals surface area contributed by atoms with E-state index in [2.05, 4.69) is 5.32 Å². The van der Waals surface area contributed by atoms with Gasteiger partial charge in [-0.3, -0.25) is 9.59 Å². The predicted octanol–water partition coefficient (Wildman–Crippen LogP) is 4.22. The van der Waals surface area contributed by atoms with Gasteiger partial charge in [0.25, 0.3) is 5.24 Å². The maximum atomic E-state index is 12.3. The lowest BCUT2D eigenvalue weighted by molar-refractivity contribution is -0.127. The van der Waals surface area contributed by atoms with Crippen LogP contribution in [0.1, 0.15) is 79.1 Å². The number of carbonyl (C=O) groups is 2. The summed E-state index contributed by atoms with van der Waals surface area (Å²) in [6.45, 7) is 7.55. The van der Waals surface area contributed by atoms with Gasteiger partial charge in [-0.05, 0) is 33.1 Å². The molecule has 0 aliphatic heterocycles. The van der Waals surface area contributed by atoms with Crippen LogP contribution >= 0.6 is 11.8 Å². The predicted molar refractivity (Wildman–Crippen MR) is 93.9 cm³/mol. The summed E-state index contributed by atoms with van der Waals surface area (Å²) in [4.78, 5) is 23.8. The molecule has 1 rings (SSSR count). The number of nitrogens with two attached hydrogens (primary N) is 1. The molecule has 2 amide bonds. The Kier molecular flexibility index (Phi) is 7.23. The fourth-order valence-corrected chi connectivity index (χ4v) is 4.44. The largest absolute Gasteiger partial charge is 0.369 e. The van der Waals surface area contributed by atoms with Crippen LogP contribution in [0.25, 0.3) is 0 Å². The number of carbonyl (C=O) groups excluding carboxylic acids is 2. The molecule has 0 aromatic carbocycles. The summed E-state index contributed by atoms with van der Waals surface area (Å²) in [7, 11) is 0. The van der Waals surface area contributed by atoms with Crippen molar-refractivity contribution in [2.75, 3.05) is 0 Å². The van der Waals surface area contributed by atoms with Crippen molar-refractivity contribution in [2.24, 2.45) is 11.1 Å². The molecule has 0 bridgehead atoms. The van der Waals surface area contributed by atoms with Crippen molar-refractivity contribution in [1.29, 1.82) is 0 Å². The van der Waals surface area contributed by atoms with Crippen LogP contribution in [0.15, 0.2) is 0 Å². The number of thioether (sulfide) groups is 1. The van der Waals surface area contributed by atoms with E-state index in [-0.39, 0.29) is 11.1 Å². The molecule has 22 heavy (non-hydrogen) atoms. The van der Waals surface area contributed by atoms with E-state index in [1.165, 1.54) is 43.9 Å².